The SMILES string of the molecule is CNc1ccc(C(N)c2ccc(OC)cc2)cn1. The van der Waals surface area contributed by atoms with E-state index in [1.807, 2.05) is 43.4 Å². The number of benzene rings is 1. The van der Waals surface area contributed by atoms with Gasteiger partial charge in [0.15, 0.2) is 0 Å². The number of nitrogens with zero attached hydrogens (tertiary/aromatic N) is 1. The van der Waals surface area contributed by atoms with Crippen molar-refractivity contribution in [1.82, 2.24) is 4.98 Å². The van der Waals surface area contributed by atoms with Gasteiger partial charge in [-0.2, -0.15) is 0 Å². The first-order chi connectivity index (χ1) is 8.74. The summed E-state index contributed by atoms with van der Waals surface area (Å²) in [5.74, 6) is 1.66. The van der Waals surface area contributed by atoms with Gasteiger partial charge < -0.3 is 15.8 Å². The molecule has 0 fully saturated rings. The Balaban J connectivity index is 2.20. The van der Waals surface area contributed by atoms with Gasteiger partial charge in [0.1, 0.15) is 11.6 Å². The largest absolute Gasteiger partial charge is 0.497 e. The van der Waals surface area contributed by atoms with Crippen molar-refractivity contribution in [1.29, 1.82) is 0 Å². The fourth-order valence-electron chi connectivity index (χ4n) is 1.74. The molecule has 0 saturated carbocycles. The number of ether oxygens (including phenoxy) is 1. The van der Waals surface area contributed by atoms with Crippen LogP contribution in [0.3, 0.4) is 0 Å². The van der Waals surface area contributed by atoms with E-state index >= 15 is 0 Å². The molecule has 1 unspecified atom stereocenters. The molecule has 0 aliphatic heterocycles. The summed E-state index contributed by atoms with van der Waals surface area (Å²) in [5.41, 5.74) is 8.22. The molecule has 3 N–H and O–H groups in total. The third-order valence-electron chi connectivity index (χ3n) is 2.88. The Bertz CT molecular complexity index is 446. The van der Waals surface area contributed by atoms with Gasteiger partial charge in [-0.15, -0.1) is 0 Å². The molecule has 2 rings (SSSR count). The van der Waals surface area contributed by atoms with Gasteiger partial charge in [0.05, 0.1) is 13.2 Å². The second-order valence-corrected chi connectivity index (χ2v) is 3.98. The third kappa shape index (κ3) is 2.60. The van der Waals surface area contributed by atoms with Crippen LogP contribution in [0.2, 0.25) is 0 Å². The van der Waals surface area contributed by atoms with Gasteiger partial charge in [0.2, 0.25) is 0 Å². The molecule has 18 heavy (non-hydrogen) atoms. The highest BCUT2D eigenvalue weighted by atomic mass is 16.5. The molecule has 0 radical (unpaired) electrons. The lowest BCUT2D eigenvalue weighted by Gasteiger charge is -2.13. The monoisotopic (exact) mass is 243 g/mol. The number of methoxy groups -OCH3 is 1. The van der Waals surface area contributed by atoms with Crippen molar-refractivity contribution in [3.8, 4) is 5.75 Å². The Morgan fingerprint density at radius 1 is 1.11 bits per heavy atom. The van der Waals surface area contributed by atoms with Crippen molar-refractivity contribution < 1.29 is 4.74 Å². The van der Waals surface area contributed by atoms with Gasteiger partial charge in [-0.1, -0.05) is 18.2 Å². The van der Waals surface area contributed by atoms with Crippen LogP contribution in [0, 0.1) is 0 Å². The maximum Gasteiger partial charge on any atom is 0.125 e. The molecule has 0 spiro atoms. The quantitative estimate of drug-likeness (QED) is 0.864. The number of rotatable bonds is 4. The Hall–Kier alpha value is -2.07. The summed E-state index contributed by atoms with van der Waals surface area (Å²) in [6.07, 6.45) is 1.79. The maximum absolute atomic E-state index is 6.20. The number of nitrogens with two attached hydrogens (primary N) is 1. The predicted octanol–water partition coefficient (Wildman–Crippen LogP) is 2.18. The summed E-state index contributed by atoms with van der Waals surface area (Å²) in [7, 11) is 3.49. The minimum absolute atomic E-state index is 0.172. The van der Waals surface area contributed by atoms with E-state index in [0.29, 0.717) is 0 Å². The number of hydrogen-bond donors (Lipinski definition) is 2. The fraction of sp³-hybridized carbons (Fsp3) is 0.214. The summed E-state index contributed by atoms with van der Waals surface area (Å²) in [6.45, 7) is 0. The molecule has 0 saturated heterocycles. The molecule has 0 amide bonds. The first-order valence-electron chi connectivity index (χ1n) is 5.78. The van der Waals surface area contributed by atoms with Crippen LogP contribution >= 0.6 is 0 Å². The minimum Gasteiger partial charge on any atom is -0.497 e. The Kier molecular flexibility index (Phi) is 3.79. The zero-order valence-corrected chi connectivity index (χ0v) is 10.6. The zero-order valence-electron chi connectivity index (χ0n) is 10.6. The minimum atomic E-state index is -0.172. The average Bonchev–Trinajstić information content (AvgIpc) is 2.47. The van der Waals surface area contributed by atoms with Crippen LogP contribution in [-0.4, -0.2) is 19.1 Å². The van der Waals surface area contributed by atoms with Gasteiger partial charge in [0.25, 0.3) is 0 Å². The van der Waals surface area contributed by atoms with Crippen molar-refractivity contribution >= 4 is 5.82 Å². The molecular weight excluding hydrogens is 226 g/mol. The molecule has 1 aromatic carbocycles. The van der Waals surface area contributed by atoms with Gasteiger partial charge in [-0.05, 0) is 29.3 Å². The predicted molar refractivity (Wildman–Crippen MR) is 72.8 cm³/mol. The summed E-state index contributed by atoms with van der Waals surface area (Å²) >= 11 is 0. The molecule has 0 aliphatic carbocycles. The average molecular weight is 243 g/mol. The highest BCUT2D eigenvalue weighted by Gasteiger charge is 2.09. The third-order valence-corrected chi connectivity index (χ3v) is 2.88. The molecule has 4 nitrogen and oxygen atoms in total. The maximum atomic E-state index is 6.20. The number of hydrogen-bond acceptors (Lipinski definition) is 4. The molecule has 0 aliphatic rings. The van der Waals surface area contributed by atoms with Gasteiger partial charge in [-0.25, -0.2) is 4.98 Å². The summed E-state index contributed by atoms with van der Waals surface area (Å²) in [5, 5.41) is 2.98. The topological polar surface area (TPSA) is 60.2 Å². The van der Waals surface area contributed by atoms with E-state index in [0.717, 1.165) is 22.7 Å². The van der Waals surface area contributed by atoms with Gasteiger partial charge in [0, 0.05) is 13.2 Å². The summed E-state index contributed by atoms with van der Waals surface area (Å²) in [4.78, 5) is 4.26. The smallest absolute Gasteiger partial charge is 0.125 e. The summed E-state index contributed by atoms with van der Waals surface area (Å²) in [6, 6.07) is 11.5. The standard InChI is InChI=1S/C14H17N3O/c1-16-13-8-5-11(9-17-13)14(15)10-3-6-12(18-2)7-4-10/h3-9,14H,15H2,1-2H3,(H,16,17). The van der Waals surface area contributed by atoms with E-state index in [2.05, 4.69) is 10.3 Å². The molecule has 4 heteroatoms. The van der Waals surface area contributed by atoms with Crippen molar-refractivity contribution in [3.05, 3.63) is 53.7 Å². The van der Waals surface area contributed by atoms with Crippen molar-refractivity contribution in [2.24, 2.45) is 5.73 Å². The van der Waals surface area contributed by atoms with Crippen molar-refractivity contribution in [3.63, 3.8) is 0 Å². The molecular formula is C14H17N3O. The lowest BCUT2D eigenvalue weighted by Crippen LogP contribution is -2.12. The molecule has 1 heterocycles. The number of nitrogens with one attached hydrogen (secondary N) is 1. The molecule has 1 aromatic heterocycles. The van der Waals surface area contributed by atoms with Crippen LogP contribution in [0.1, 0.15) is 17.2 Å². The highest BCUT2D eigenvalue weighted by Crippen LogP contribution is 2.22. The fourth-order valence-corrected chi connectivity index (χ4v) is 1.74. The highest BCUT2D eigenvalue weighted by molar-refractivity contribution is 5.39. The van der Waals surface area contributed by atoms with Crippen molar-refractivity contribution in [2.45, 2.75) is 6.04 Å². The van der Waals surface area contributed by atoms with Crippen LogP contribution in [0.5, 0.6) is 5.75 Å². The van der Waals surface area contributed by atoms with Crippen LogP contribution in [0.4, 0.5) is 5.82 Å². The Morgan fingerprint density at radius 2 is 1.78 bits per heavy atom. The first kappa shape index (κ1) is 12.4. The zero-order chi connectivity index (χ0) is 13.0. The second kappa shape index (κ2) is 5.51. The van der Waals surface area contributed by atoms with E-state index in [1.54, 1.807) is 13.3 Å². The van der Waals surface area contributed by atoms with Gasteiger partial charge >= 0.3 is 0 Å². The molecule has 94 valence electrons. The number of anilines is 1. The Morgan fingerprint density at radius 3 is 2.28 bits per heavy atom. The summed E-state index contributed by atoms with van der Waals surface area (Å²) < 4.78 is 5.12. The van der Waals surface area contributed by atoms with E-state index in [-0.39, 0.29) is 6.04 Å². The van der Waals surface area contributed by atoms with Crippen LogP contribution in [0.15, 0.2) is 42.6 Å². The number of pyridine rings is 1. The Labute approximate surface area is 107 Å². The van der Waals surface area contributed by atoms with E-state index in [1.165, 1.54) is 0 Å². The van der Waals surface area contributed by atoms with Crippen LogP contribution in [0.25, 0.3) is 0 Å². The van der Waals surface area contributed by atoms with E-state index < -0.39 is 0 Å². The van der Waals surface area contributed by atoms with Crippen molar-refractivity contribution in [2.75, 3.05) is 19.5 Å². The van der Waals surface area contributed by atoms with E-state index in [9.17, 15) is 0 Å². The lowest BCUT2D eigenvalue weighted by molar-refractivity contribution is 0.414. The van der Waals surface area contributed by atoms with E-state index in [4.69, 9.17) is 10.5 Å². The first-order valence-corrected chi connectivity index (χ1v) is 5.78. The van der Waals surface area contributed by atoms with Gasteiger partial charge in [-0.3, -0.25) is 0 Å². The molecule has 2 aromatic rings. The lowest BCUT2D eigenvalue weighted by atomic mass is 10.0. The normalized spacial score (nSPS) is 11.9. The molecule has 1 atom stereocenters. The second-order valence-electron chi connectivity index (χ2n) is 3.98. The molecule has 0 bridgehead atoms. The van der Waals surface area contributed by atoms with Crippen LogP contribution < -0.4 is 15.8 Å². The number of aromatic nitrogens is 1. The van der Waals surface area contributed by atoms with Crippen LogP contribution in [-0.2, 0) is 0 Å².